The maximum Gasteiger partial charge on any atom is 0.416 e. The highest BCUT2D eigenvalue weighted by molar-refractivity contribution is 5.78. The molecule has 0 saturated carbocycles. The van der Waals surface area contributed by atoms with Crippen molar-refractivity contribution in [2.24, 2.45) is 0 Å². The standard InChI is InChI=1S/C19H15F3N4/c20-19(21,22)16-3-1-2-14(8-16)15-9-17-18(24-10-15)25-12-26(17)11-13-4-6-23-7-5-13/h1-10H,11-12H2,(H,24,25). The molecule has 132 valence electrons. The number of alkyl halides is 3. The predicted molar refractivity (Wildman–Crippen MR) is 93.6 cm³/mol. The topological polar surface area (TPSA) is 41.1 Å². The summed E-state index contributed by atoms with van der Waals surface area (Å²) in [7, 11) is 0. The van der Waals surface area contributed by atoms with Crippen molar-refractivity contribution in [1.82, 2.24) is 9.97 Å². The van der Waals surface area contributed by atoms with Crippen LogP contribution in [0.15, 0.2) is 61.1 Å². The number of nitrogens with zero attached hydrogens (tertiary/aromatic N) is 3. The maximum absolute atomic E-state index is 13.0. The smallest absolute Gasteiger partial charge is 0.351 e. The minimum absolute atomic E-state index is 0.492. The lowest BCUT2D eigenvalue weighted by molar-refractivity contribution is -0.137. The molecule has 1 aliphatic heterocycles. The molecule has 0 saturated heterocycles. The summed E-state index contributed by atoms with van der Waals surface area (Å²) < 4.78 is 38.9. The molecule has 0 fully saturated rings. The van der Waals surface area contributed by atoms with Gasteiger partial charge >= 0.3 is 6.18 Å². The number of rotatable bonds is 3. The molecule has 0 aliphatic carbocycles. The molecule has 4 nitrogen and oxygen atoms in total. The van der Waals surface area contributed by atoms with Crippen molar-refractivity contribution in [3.8, 4) is 11.1 Å². The van der Waals surface area contributed by atoms with E-state index in [1.165, 1.54) is 6.07 Å². The molecule has 2 aromatic heterocycles. The van der Waals surface area contributed by atoms with Crippen molar-refractivity contribution in [2.75, 3.05) is 16.9 Å². The van der Waals surface area contributed by atoms with Gasteiger partial charge in [0.1, 0.15) is 0 Å². The van der Waals surface area contributed by atoms with Gasteiger partial charge in [0.2, 0.25) is 0 Å². The highest BCUT2D eigenvalue weighted by Crippen LogP contribution is 2.36. The number of benzene rings is 1. The van der Waals surface area contributed by atoms with Gasteiger partial charge in [-0.1, -0.05) is 12.1 Å². The van der Waals surface area contributed by atoms with Crippen LogP contribution in [0.2, 0.25) is 0 Å². The van der Waals surface area contributed by atoms with Crippen LogP contribution in [-0.2, 0) is 12.7 Å². The molecule has 1 aliphatic rings. The highest BCUT2D eigenvalue weighted by Gasteiger charge is 2.30. The zero-order chi connectivity index (χ0) is 18.1. The van der Waals surface area contributed by atoms with Gasteiger partial charge in [-0.25, -0.2) is 4.98 Å². The van der Waals surface area contributed by atoms with E-state index in [-0.39, 0.29) is 0 Å². The summed E-state index contributed by atoms with van der Waals surface area (Å²) in [5, 5.41) is 3.20. The first-order chi connectivity index (χ1) is 12.5. The lowest BCUT2D eigenvalue weighted by Gasteiger charge is -2.18. The molecule has 3 aromatic rings. The lowest BCUT2D eigenvalue weighted by Crippen LogP contribution is -2.22. The molecule has 0 bridgehead atoms. The largest absolute Gasteiger partial charge is 0.416 e. The summed E-state index contributed by atoms with van der Waals surface area (Å²) in [5.41, 5.74) is 2.45. The van der Waals surface area contributed by atoms with Crippen molar-refractivity contribution in [1.29, 1.82) is 0 Å². The first-order valence-corrected chi connectivity index (χ1v) is 8.06. The Morgan fingerprint density at radius 1 is 1.04 bits per heavy atom. The Morgan fingerprint density at radius 2 is 1.85 bits per heavy atom. The molecule has 0 spiro atoms. The maximum atomic E-state index is 13.0. The third kappa shape index (κ3) is 3.20. The second-order valence-electron chi connectivity index (χ2n) is 6.06. The number of halogens is 3. The van der Waals surface area contributed by atoms with Gasteiger partial charge in [0, 0.05) is 30.7 Å². The van der Waals surface area contributed by atoms with Crippen molar-refractivity contribution in [3.05, 3.63) is 72.2 Å². The Balaban J connectivity index is 1.66. The molecular formula is C19H15F3N4. The van der Waals surface area contributed by atoms with Crippen LogP contribution in [0.25, 0.3) is 11.1 Å². The summed E-state index contributed by atoms with van der Waals surface area (Å²) in [6, 6.07) is 11.0. The molecule has 4 rings (SSSR count). The molecule has 3 heterocycles. The van der Waals surface area contributed by atoms with Gasteiger partial charge in [0.15, 0.2) is 5.82 Å². The molecule has 0 atom stereocenters. The van der Waals surface area contributed by atoms with Crippen LogP contribution in [0.1, 0.15) is 11.1 Å². The number of anilines is 2. The minimum atomic E-state index is -4.37. The molecule has 0 radical (unpaired) electrons. The van der Waals surface area contributed by atoms with Crippen molar-refractivity contribution in [3.63, 3.8) is 0 Å². The average Bonchev–Trinajstić information content (AvgIpc) is 3.04. The van der Waals surface area contributed by atoms with Crippen LogP contribution in [0.5, 0.6) is 0 Å². The Labute approximate surface area is 148 Å². The summed E-state index contributed by atoms with van der Waals surface area (Å²) in [4.78, 5) is 10.5. The fourth-order valence-corrected chi connectivity index (χ4v) is 2.97. The quantitative estimate of drug-likeness (QED) is 0.747. The summed E-state index contributed by atoms with van der Waals surface area (Å²) >= 11 is 0. The first-order valence-electron chi connectivity index (χ1n) is 8.06. The van der Waals surface area contributed by atoms with Crippen LogP contribution >= 0.6 is 0 Å². The van der Waals surface area contributed by atoms with Gasteiger partial charge in [-0.2, -0.15) is 13.2 Å². The predicted octanol–water partition coefficient (Wildman–Crippen LogP) is 4.55. The monoisotopic (exact) mass is 356 g/mol. The van der Waals surface area contributed by atoms with E-state index in [0.29, 0.717) is 24.3 Å². The molecule has 1 N–H and O–H groups in total. The van der Waals surface area contributed by atoms with Gasteiger partial charge in [-0.05, 0) is 41.5 Å². The van der Waals surface area contributed by atoms with Gasteiger partial charge in [-0.3, -0.25) is 4.98 Å². The third-order valence-corrected chi connectivity index (χ3v) is 4.29. The molecule has 26 heavy (non-hydrogen) atoms. The number of hydrogen-bond acceptors (Lipinski definition) is 4. The molecule has 0 amide bonds. The average molecular weight is 356 g/mol. The van der Waals surface area contributed by atoms with E-state index in [1.807, 2.05) is 18.2 Å². The molecule has 1 aromatic carbocycles. The molecule has 0 unspecified atom stereocenters. The van der Waals surface area contributed by atoms with Crippen molar-refractivity contribution < 1.29 is 13.2 Å². The van der Waals surface area contributed by atoms with Crippen molar-refractivity contribution in [2.45, 2.75) is 12.7 Å². The highest BCUT2D eigenvalue weighted by atomic mass is 19.4. The number of hydrogen-bond donors (Lipinski definition) is 1. The SMILES string of the molecule is FC(F)(F)c1cccc(-c2cnc3c(c2)N(Cc2ccncc2)CN3)c1. The molecule has 7 heteroatoms. The number of fused-ring (bicyclic) bond motifs is 1. The van der Waals surface area contributed by atoms with E-state index in [0.717, 1.165) is 29.2 Å². The number of pyridine rings is 2. The normalized spacial score (nSPS) is 13.4. The number of aromatic nitrogens is 2. The summed E-state index contributed by atoms with van der Waals surface area (Å²) in [6.45, 7) is 1.26. The van der Waals surface area contributed by atoms with Gasteiger partial charge in [0.25, 0.3) is 0 Å². The van der Waals surface area contributed by atoms with E-state index < -0.39 is 11.7 Å². The van der Waals surface area contributed by atoms with Crippen LogP contribution < -0.4 is 10.2 Å². The minimum Gasteiger partial charge on any atom is -0.351 e. The van der Waals surface area contributed by atoms with Crippen LogP contribution in [0.3, 0.4) is 0 Å². The Bertz CT molecular complexity index is 926. The van der Waals surface area contributed by atoms with E-state index in [9.17, 15) is 13.2 Å². The summed E-state index contributed by atoms with van der Waals surface area (Å²) in [5.74, 6) is 0.731. The zero-order valence-electron chi connectivity index (χ0n) is 13.7. The second-order valence-corrected chi connectivity index (χ2v) is 6.06. The van der Waals surface area contributed by atoms with E-state index in [1.54, 1.807) is 24.7 Å². The fourth-order valence-electron chi connectivity index (χ4n) is 2.97. The fraction of sp³-hybridized carbons (Fsp3) is 0.158. The third-order valence-electron chi connectivity index (χ3n) is 4.29. The summed E-state index contributed by atoms with van der Waals surface area (Å²) in [6.07, 6.45) is 0.695. The van der Waals surface area contributed by atoms with E-state index in [2.05, 4.69) is 20.2 Å². The van der Waals surface area contributed by atoms with E-state index >= 15 is 0 Å². The first kappa shape index (κ1) is 16.4. The van der Waals surface area contributed by atoms with Gasteiger partial charge in [0.05, 0.1) is 17.9 Å². The second kappa shape index (κ2) is 6.33. The molecular weight excluding hydrogens is 341 g/mol. The zero-order valence-corrected chi connectivity index (χ0v) is 13.7. The Kier molecular flexibility index (Phi) is 3.99. The van der Waals surface area contributed by atoms with Crippen molar-refractivity contribution >= 4 is 11.5 Å². The lowest BCUT2D eigenvalue weighted by atomic mass is 10.0. The van der Waals surface area contributed by atoms with Crippen LogP contribution in [-0.4, -0.2) is 16.6 Å². The van der Waals surface area contributed by atoms with Crippen LogP contribution in [0, 0.1) is 0 Å². The number of nitrogens with one attached hydrogen (secondary N) is 1. The Hall–Kier alpha value is -3.09. The van der Waals surface area contributed by atoms with Crippen LogP contribution in [0.4, 0.5) is 24.7 Å². The van der Waals surface area contributed by atoms with E-state index in [4.69, 9.17) is 0 Å². The Morgan fingerprint density at radius 3 is 2.62 bits per heavy atom. The van der Waals surface area contributed by atoms with Gasteiger partial charge in [-0.15, -0.1) is 0 Å². The van der Waals surface area contributed by atoms with Gasteiger partial charge < -0.3 is 10.2 Å².